The number of carbonyl (C=O) groups excluding carboxylic acids is 1. The number of carbonyl (C=O) groups is 1. The summed E-state index contributed by atoms with van der Waals surface area (Å²) in [7, 11) is 0. The van der Waals surface area contributed by atoms with E-state index in [0.717, 1.165) is 12.3 Å². The third-order valence-corrected chi connectivity index (χ3v) is 4.06. The first-order valence-electron chi connectivity index (χ1n) is 7.91. The van der Waals surface area contributed by atoms with Crippen LogP contribution in [0.25, 0.3) is 0 Å². The fourth-order valence-electron chi connectivity index (χ4n) is 2.92. The zero-order chi connectivity index (χ0) is 15.2. The van der Waals surface area contributed by atoms with Gasteiger partial charge in [-0.2, -0.15) is 0 Å². The van der Waals surface area contributed by atoms with Crippen molar-refractivity contribution in [2.75, 3.05) is 13.1 Å². The maximum Gasteiger partial charge on any atom is 0.407 e. The molecule has 118 valence electrons. The molecule has 1 amide bonds. The first-order chi connectivity index (χ1) is 9.24. The lowest BCUT2D eigenvalue weighted by atomic mass is 9.75. The second-order valence-corrected chi connectivity index (χ2v) is 7.58. The fourth-order valence-corrected chi connectivity index (χ4v) is 2.92. The van der Waals surface area contributed by atoms with Gasteiger partial charge in [0.15, 0.2) is 0 Å². The lowest BCUT2D eigenvalue weighted by Crippen LogP contribution is -2.43. The van der Waals surface area contributed by atoms with Crippen molar-refractivity contribution < 1.29 is 9.53 Å². The average Bonchev–Trinajstić information content (AvgIpc) is 2.36. The number of ether oxygens (including phenoxy) is 1. The number of amides is 1. The monoisotopic (exact) mass is 284 g/mol. The second-order valence-electron chi connectivity index (χ2n) is 7.58. The van der Waals surface area contributed by atoms with Crippen LogP contribution < -0.4 is 11.1 Å². The van der Waals surface area contributed by atoms with E-state index in [0.29, 0.717) is 13.1 Å². The Kier molecular flexibility index (Phi) is 6.31. The summed E-state index contributed by atoms with van der Waals surface area (Å²) in [4.78, 5) is 11.7. The standard InChI is InChI=1S/C16H32N2O2/c1-15(2,3)20-14(19)18-12-16(4,11-17)10-13-8-6-5-7-9-13/h13H,5-12,17H2,1-4H3,(H,18,19). The number of alkyl carbamates (subject to hydrolysis) is 1. The molecule has 1 rings (SSSR count). The van der Waals surface area contributed by atoms with Crippen LogP contribution in [-0.4, -0.2) is 24.8 Å². The molecule has 0 spiro atoms. The zero-order valence-electron chi connectivity index (χ0n) is 13.6. The minimum Gasteiger partial charge on any atom is -0.444 e. The van der Waals surface area contributed by atoms with Crippen LogP contribution in [0.5, 0.6) is 0 Å². The first-order valence-corrected chi connectivity index (χ1v) is 7.91. The fraction of sp³-hybridized carbons (Fsp3) is 0.938. The first kappa shape index (κ1) is 17.3. The van der Waals surface area contributed by atoms with E-state index in [-0.39, 0.29) is 11.5 Å². The van der Waals surface area contributed by atoms with Gasteiger partial charge in [-0.3, -0.25) is 0 Å². The number of hydrogen-bond acceptors (Lipinski definition) is 3. The van der Waals surface area contributed by atoms with Gasteiger partial charge in [0.1, 0.15) is 5.60 Å². The third kappa shape index (κ3) is 6.60. The smallest absolute Gasteiger partial charge is 0.407 e. The highest BCUT2D eigenvalue weighted by atomic mass is 16.6. The number of hydrogen-bond donors (Lipinski definition) is 2. The molecular formula is C16H32N2O2. The Labute approximate surface area is 123 Å². The molecule has 1 unspecified atom stereocenters. The highest BCUT2D eigenvalue weighted by molar-refractivity contribution is 5.67. The van der Waals surface area contributed by atoms with Gasteiger partial charge in [0, 0.05) is 6.54 Å². The van der Waals surface area contributed by atoms with Gasteiger partial charge in [-0.15, -0.1) is 0 Å². The van der Waals surface area contributed by atoms with Crippen LogP contribution in [-0.2, 0) is 4.74 Å². The molecule has 0 aliphatic heterocycles. The van der Waals surface area contributed by atoms with Gasteiger partial charge in [-0.05, 0) is 45.1 Å². The van der Waals surface area contributed by atoms with Crippen molar-refractivity contribution in [2.24, 2.45) is 17.1 Å². The predicted octanol–water partition coefficient (Wildman–Crippen LogP) is 3.45. The molecule has 4 nitrogen and oxygen atoms in total. The largest absolute Gasteiger partial charge is 0.444 e. The molecule has 0 aromatic rings. The van der Waals surface area contributed by atoms with E-state index in [2.05, 4.69) is 12.2 Å². The van der Waals surface area contributed by atoms with Gasteiger partial charge in [0.25, 0.3) is 0 Å². The summed E-state index contributed by atoms with van der Waals surface area (Å²) in [6.45, 7) is 8.97. The maximum atomic E-state index is 11.7. The van der Waals surface area contributed by atoms with Crippen LogP contribution in [0.4, 0.5) is 4.79 Å². The summed E-state index contributed by atoms with van der Waals surface area (Å²) in [5.74, 6) is 0.762. The molecule has 0 aromatic carbocycles. The van der Waals surface area contributed by atoms with Crippen LogP contribution in [0.3, 0.4) is 0 Å². The third-order valence-electron chi connectivity index (χ3n) is 4.06. The quantitative estimate of drug-likeness (QED) is 0.812. The molecule has 0 saturated heterocycles. The molecule has 20 heavy (non-hydrogen) atoms. The number of rotatable bonds is 5. The molecule has 1 fully saturated rings. The van der Waals surface area contributed by atoms with Crippen molar-refractivity contribution in [2.45, 2.75) is 71.8 Å². The molecular weight excluding hydrogens is 252 g/mol. The van der Waals surface area contributed by atoms with E-state index in [4.69, 9.17) is 10.5 Å². The van der Waals surface area contributed by atoms with Crippen molar-refractivity contribution in [3.05, 3.63) is 0 Å². The molecule has 1 aliphatic carbocycles. The van der Waals surface area contributed by atoms with Crippen LogP contribution in [0.15, 0.2) is 0 Å². The van der Waals surface area contributed by atoms with Gasteiger partial charge < -0.3 is 15.8 Å². The normalized spacial score (nSPS) is 20.2. The highest BCUT2D eigenvalue weighted by Crippen LogP contribution is 2.33. The van der Waals surface area contributed by atoms with Crippen molar-refractivity contribution in [3.63, 3.8) is 0 Å². The highest BCUT2D eigenvalue weighted by Gasteiger charge is 2.29. The number of nitrogens with two attached hydrogens (primary N) is 1. The van der Waals surface area contributed by atoms with Gasteiger partial charge in [0.05, 0.1) is 0 Å². The summed E-state index contributed by atoms with van der Waals surface area (Å²) in [6, 6.07) is 0. The van der Waals surface area contributed by atoms with Crippen molar-refractivity contribution >= 4 is 6.09 Å². The molecule has 0 aromatic heterocycles. The molecule has 3 N–H and O–H groups in total. The second kappa shape index (κ2) is 7.30. The van der Waals surface area contributed by atoms with Crippen molar-refractivity contribution in [3.8, 4) is 0 Å². The summed E-state index contributed by atoms with van der Waals surface area (Å²) in [5, 5.41) is 2.88. The predicted molar refractivity (Wildman–Crippen MR) is 82.6 cm³/mol. The van der Waals surface area contributed by atoms with Crippen LogP contribution in [0, 0.1) is 11.3 Å². The summed E-state index contributed by atoms with van der Waals surface area (Å²) >= 11 is 0. The Morgan fingerprint density at radius 1 is 1.20 bits per heavy atom. The maximum absolute atomic E-state index is 11.7. The minimum atomic E-state index is -0.452. The van der Waals surface area contributed by atoms with Gasteiger partial charge in [0.2, 0.25) is 0 Å². The van der Waals surface area contributed by atoms with E-state index in [1.54, 1.807) is 0 Å². The van der Waals surface area contributed by atoms with E-state index >= 15 is 0 Å². The van der Waals surface area contributed by atoms with Crippen LogP contribution >= 0.6 is 0 Å². The summed E-state index contributed by atoms with van der Waals surface area (Å²) in [6.07, 6.45) is 7.41. The van der Waals surface area contributed by atoms with E-state index < -0.39 is 5.60 Å². The topological polar surface area (TPSA) is 64.3 Å². The Bertz CT molecular complexity index is 306. The number of nitrogens with one attached hydrogen (secondary N) is 1. The molecule has 4 heteroatoms. The van der Waals surface area contributed by atoms with Crippen molar-refractivity contribution in [1.29, 1.82) is 0 Å². The molecule has 1 atom stereocenters. The molecule has 0 bridgehead atoms. The molecule has 0 heterocycles. The summed E-state index contributed by atoms with van der Waals surface area (Å²) in [5.41, 5.74) is 5.46. The molecule has 1 saturated carbocycles. The zero-order valence-corrected chi connectivity index (χ0v) is 13.6. The van der Waals surface area contributed by atoms with Crippen LogP contribution in [0.2, 0.25) is 0 Å². The van der Waals surface area contributed by atoms with Gasteiger partial charge in [-0.25, -0.2) is 4.79 Å². The Hall–Kier alpha value is -0.770. The van der Waals surface area contributed by atoms with E-state index in [9.17, 15) is 4.79 Å². The van der Waals surface area contributed by atoms with Crippen LogP contribution in [0.1, 0.15) is 66.2 Å². The van der Waals surface area contributed by atoms with Gasteiger partial charge >= 0.3 is 6.09 Å². The van der Waals surface area contributed by atoms with Crippen molar-refractivity contribution in [1.82, 2.24) is 5.32 Å². The van der Waals surface area contributed by atoms with Gasteiger partial charge in [-0.1, -0.05) is 39.0 Å². The average molecular weight is 284 g/mol. The SMILES string of the molecule is CC(CN)(CNC(=O)OC(C)(C)C)CC1CCCCC1. The van der Waals surface area contributed by atoms with E-state index in [1.165, 1.54) is 32.1 Å². The Morgan fingerprint density at radius 2 is 1.80 bits per heavy atom. The Balaban J connectivity index is 2.41. The molecule has 1 aliphatic rings. The molecule has 0 radical (unpaired) electrons. The summed E-state index contributed by atoms with van der Waals surface area (Å²) < 4.78 is 5.28. The minimum absolute atomic E-state index is 0.0289. The Morgan fingerprint density at radius 3 is 2.30 bits per heavy atom. The lowest BCUT2D eigenvalue weighted by molar-refractivity contribution is 0.0495. The lowest BCUT2D eigenvalue weighted by Gasteiger charge is -2.34. The van der Waals surface area contributed by atoms with E-state index in [1.807, 2.05) is 20.8 Å².